The van der Waals surface area contributed by atoms with Gasteiger partial charge in [0.1, 0.15) is 0 Å². The number of amides is 1. The minimum absolute atomic E-state index is 0.0914. The SMILES string of the molecule is C=C(C)CN(CC)C(=O)CSc1nnc(Nc2ccc(C)cc2)s1. The molecule has 1 N–H and O–H groups in total. The molecule has 24 heavy (non-hydrogen) atoms. The first-order valence-electron chi connectivity index (χ1n) is 7.70. The number of likely N-dealkylation sites (N-methyl/N-ethyl adjacent to an activating group) is 1. The fourth-order valence-electron chi connectivity index (χ4n) is 2.00. The largest absolute Gasteiger partial charge is 0.338 e. The van der Waals surface area contributed by atoms with Crippen molar-refractivity contribution in [2.24, 2.45) is 0 Å². The van der Waals surface area contributed by atoms with Gasteiger partial charge in [-0.25, -0.2) is 0 Å². The quantitative estimate of drug-likeness (QED) is 0.566. The van der Waals surface area contributed by atoms with Crippen LogP contribution >= 0.6 is 23.1 Å². The van der Waals surface area contributed by atoms with Crippen molar-refractivity contribution >= 4 is 39.8 Å². The van der Waals surface area contributed by atoms with E-state index in [1.54, 1.807) is 4.90 Å². The molecular formula is C17H22N4OS2. The van der Waals surface area contributed by atoms with E-state index < -0.39 is 0 Å². The predicted octanol–water partition coefficient (Wildman–Crippen LogP) is 4.11. The molecule has 0 unspecified atom stereocenters. The first-order valence-corrected chi connectivity index (χ1v) is 9.50. The average molecular weight is 363 g/mol. The number of aromatic nitrogens is 2. The Morgan fingerprint density at radius 3 is 2.67 bits per heavy atom. The van der Waals surface area contributed by atoms with E-state index >= 15 is 0 Å². The molecule has 0 radical (unpaired) electrons. The molecule has 0 atom stereocenters. The topological polar surface area (TPSA) is 58.1 Å². The van der Waals surface area contributed by atoms with Crippen molar-refractivity contribution in [3.8, 4) is 0 Å². The number of nitrogens with one attached hydrogen (secondary N) is 1. The van der Waals surface area contributed by atoms with Crippen LogP contribution < -0.4 is 5.32 Å². The van der Waals surface area contributed by atoms with Crippen LogP contribution in [-0.2, 0) is 4.79 Å². The third kappa shape index (κ3) is 5.65. The summed E-state index contributed by atoms with van der Waals surface area (Å²) in [6, 6.07) is 8.09. The highest BCUT2D eigenvalue weighted by atomic mass is 32.2. The van der Waals surface area contributed by atoms with E-state index in [0.717, 1.165) is 20.7 Å². The second-order valence-electron chi connectivity index (χ2n) is 5.52. The van der Waals surface area contributed by atoms with Crippen LogP contribution in [0.3, 0.4) is 0 Å². The van der Waals surface area contributed by atoms with Crippen LogP contribution in [0.25, 0.3) is 0 Å². The first-order chi connectivity index (χ1) is 11.5. The maximum atomic E-state index is 12.2. The maximum Gasteiger partial charge on any atom is 0.233 e. The van der Waals surface area contributed by atoms with Crippen LogP contribution in [0.4, 0.5) is 10.8 Å². The van der Waals surface area contributed by atoms with Crippen LogP contribution in [0.2, 0.25) is 0 Å². The Morgan fingerprint density at radius 1 is 1.33 bits per heavy atom. The van der Waals surface area contributed by atoms with Gasteiger partial charge >= 0.3 is 0 Å². The molecule has 1 aromatic carbocycles. The van der Waals surface area contributed by atoms with Crippen molar-refractivity contribution in [2.75, 3.05) is 24.2 Å². The number of hydrogen-bond acceptors (Lipinski definition) is 6. The summed E-state index contributed by atoms with van der Waals surface area (Å²) in [6.07, 6.45) is 0. The van der Waals surface area contributed by atoms with E-state index in [0.29, 0.717) is 18.8 Å². The molecule has 0 aliphatic heterocycles. The lowest BCUT2D eigenvalue weighted by atomic mass is 10.2. The van der Waals surface area contributed by atoms with Gasteiger partial charge in [-0.2, -0.15) is 0 Å². The zero-order valence-electron chi connectivity index (χ0n) is 14.2. The van der Waals surface area contributed by atoms with Gasteiger partial charge in [-0.05, 0) is 32.9 Å². The van der Waals surface area contributed by atoms with Gasteiger partial charge in [0, 0.05) is 18.8 Å². The highest BCUT2D eigenvalue weighted by Crippen LogP contribution is 2.27. The van der Waals surface area contributed by atoms with E-state index in [4.69, 9.17) is 0 Å². The van der Waals surface area contributed by atoms with E-state index in [1.165, 1.54) is 28.7 Å². The molecule has 0 saturated carbocycles. The second kappa shape index (κ2) is 8.84. The molecule has 0 bridgehead atoms. The highest BCUT2D eigenvalue weighted by Gasteiger charge is 2.14. The Hall–Kier alpha value is -1.86. The van der Waals surface area contributed by atoms with E-state index in [-0.39, 0.29) is 5.91 Å². The zero-order valence-corrected chi connectivity index (χ0v) is 15.8. The molecule has 7 heteroatoms. The first kappa shape index (κ1) is 18.5. The third-order valence-corrected chi connectivity index (χ3v) is 5.18. The zero-order chi connectivity index (χ0) is 17.5. The Kier molecular flexibility index (Phi) is 6.81. The highest BCUT2D eigenvalue weighted by molar-refractivity contribution is 8.01. The Labute approximate surface area is 151 Å². The van der Waals surface area contributed by atoms with Gasteiger partial charge in [-0.3, -0.25) is 4.79 Å². The molecule has 1 amide bonds. The standard InChI is InChI=1S/C17H22N4OS2/c1-5-21(10-12(2)3)15(22)11-23-17-20-19-16(24-17)18-14-8-6-13(4)7-9-14/h6-9H,2,5,10-11H2,1,3-4H3,(H,18,19). The number of benzene rings is 1. The van der Waals surface area contributed by atoms with Crippen molar-refractivity contribution in [3.05, 3.63) is 42.0 Å². The number of carbonyl (C=O) groups excluding carboxylic acids is 1. The summed E-state index contributed by atoms with van der Waals surface area (Å²) in [4.78, 5) is 14.0. The summed E-state index contributed by atoms with van der Waals surface area (Å²) in [5.74, 6) is 0.453. The molecule has 0 aliphatic rings. The number of carbonyl (C=O) groups is 1. The molecular weight excluding hydrogens is 340 g/mol. The summed E-state index contributed by atoms with van der Waals surface area (Å²) in [5, 5.41) is 12.2. The predicted molar refractivity (Wildman–Crippen MR) is 102 cm³/mol. The molecule has 0 saturated heterocycles. The van der Waals surface area contributed by atoms with Crippen molar-refractivity contribution in [1.82, 2.24) is 15.1 Å². The fraction of sp³-hybridized carbons (Fsp3) is 0.353. The lowest BCUT2D eigenvalue weighted by Crippen LogP contribution is -2.33. The molecule has 5 nitrogen and oxygen atoms in total. The van der Waals surface area contributed by atoms with Gasteiger partial charge in [0.15, 0.2) is 4.34 Å². The minimum Gasteiger partial charge on any atom is -0.338 e. The van der Waals surface area contributed by atoms with Gasteiger partial charge in [-0.15, -0.1) is 10.2 Å². The number of thioether (sulfide) groups is 1. The average Bonchev–Trinajstić information content (AvgIpc) is 3.00. The molecule has 0 spiro atoms. The molecule has 1 heterocycles. The van der Waals surface area contributed by atoms with Gasteiger partial charge in [0.25, 0.3) is 0 Å². The molecule has 2 rings (SSSR count). The summed E-state index contributed by atoms with van der Waals surface area (Å²) in [7, 11) is 0. The van der Waals surface area contributed by atoms with Crippen LogP contribution in [0.1, 0.15) is 19.4 Å². The lowest BCUT2D eigenvalue weighted by Gasteiger charge is -2.20. The van der Waals surface area contributed by atoms with Crippen molar-refractivity contribution in [1.29, 1.82) is 0 Å². The normalized spacial score (nSPS) is 10.5. The van der Waals surface area contributed by atoms with Crippen molar-refractivity contribution < 1.29 is 4.79 Å². The monoisotopic (exact) mass is 362 g/mol. The molecule has 2 aromatic rings. The molecule has 0 fully saturated rings. The number of hydrogen-bond donors (Lipinski definition) is 1. The van der Waals surface area contributed by atoms with Crippen LogP contribution in [0, 0.1) is 6.92 Å². The van der Waals surface area contributed by atoms with Gasteiger partial charge in [-0.1, -0.05) is 52.9 Å². The van der Waals surface area contributed by atoms with E-state index in [2.05, 4.69) is 22.1 Å². The minimum atomic E-state index is 0.0914. The summed E-state index contributed by atoms with van der Waals surface area (Å²) >= 11 is 2.87. The lowest BCUT2D eigenvalue weighted by molar-refractivity contribution is -0.127. The number of anilines is 2. The van der Waals surface area contributed by atoms with E-state index in [1.807, 2.05) is 45.0 Å². The van der Waals surface area contributed by atoms with Gasteiger partial charge in [0.2, 0.25) is 11.0 Å². The molecule has 0 aliphatic carbocycles. The third-order valence-electron chi connectivity index (χ3n) is 3.22. The van der Waals surface area contributed by atoms with Gasteiger partial charge < -0.3 is 10.2 Å². The van der Waals surface area contributed by atoms with Crippen molar-refractivity contribution in [2.45, 2.75) is 25.1 Å². The van der Waals surface area contributed by atoms with E-state index in [9.17, 15) is 4.79 Å². The molecule has 1 aromatic heterocycles. The number of rotatable bonds is 8. The number of aryl methyl sites for hydroxylation is 1. The van der Waals surface area contributed by atoms with Crippen LogP contribution in [0.15, 0.2) is 40.8 Å². The fourth-order valence-corrected chi connectivity index (χ4v) is 3.67. The van der Waals surface area contributed by atoms with Gasteiger partial charge in [0.05, 0.1) is 5.75 Å². The van der Waals surface area contributed by atoms with Crippen LogP contribution in [0.5, 0.6) is 0 Å². The summed E-state index contributed by atoms with van der Waals surface area (Å²) in [5.41, 5.74) is 3.17. The Morgan fingerprint density at radius 2 is 2.04 bits per heavy atom. The Balaban J connectivity index is 1.88. The Bertz CT molecular complexity index is 697. The van der Waals surface area contributed by atoms with Crippen LogP contribution in [-0.4, -0.2) is 39.8 Å². The summed E-state index contributed by atoms with van der Waals surface area (Å²) < 4.78 is 0.782. The second-order valence-corrected chi connectivity index (χ2v) is 7.72. The smallest absolute Gasteiger partial charge is 0.233 e. The maximum absolute atomic E-state index is 12.2. The van der Waals surface area contributed by atoms with Crippen molar-refractivity contribution in [3.63, 3.8) is 0 Å². The summed E-state index contributed by atoms with van der Waals surface area (Å²) in [6.45, 7) is 11.1. The molecule has 128 valence electrons. The number of nitrogens with zero attached hydrogens (tertiary/aromatic N) is 3.